The number of carbonyl (C=O) groups is 2. The molecule has 1 N–H and O–H groups in total. The topological polar surface area (TPSA) is 75.4 Å². The summed E-state index contributed by atoms with van der Waals surface area (Å²) >= 11 is 12.1. The number of hydrogen-bond donors (Lipinski definition) is 1. The fourth-order valence-corrected chi connectivity index (χ4v) is 3.50. The van der Waals surface area contributed by atoms with E-state index in [0.29, 0.717) is 22.3 Å². The van der Waals surface area contributed by atoms with Crippen LogP contribution in [-0.4, -0.2) is 44.8 Å². The van der Waals surface area contributed by atoms with Crippen molar-refractivity contribution in [3.8, 4) is 0 Å². The van der Waals surface area contributed by atoms with E-state index in [9.17, 15) is 14.7 Å². The van der Waals surface area contributed by atoms with E-state index in [1.165, 1.54) is 9.58 Å². The van der Waals surface area contributed by atoms with Crippen molar-refractivity contribution in [1.29, 1.82) is 0 Å². The van der Waals surface area contributed by atoms with E-state index in [1.807, 2.05) is 0 Å². The molecule has 0 bridgehead atoms. The number of halogens is 2. The molecule has 0 spiro atoms. The molecule has 132 valence electrons. The van der Waals surface area contributed by atoms with Gasteiger partial charge in [-0.1, -0.05) is 35.3 Å². The van der Waals surface area contributed by atoms with Gasteiger partial charge in [0.05, 0.1) is 16.6 Å². The van der Waals surface area contributed by atoms with Crippen LogP contribution in [0, 0.1) is 12.8 Å². The Balaban J connectivity index is 1.89. The summed E-state index contributed by atoms with van der Waals surface area (Å²) < 4.78 is 1.54. The zero-order chi connectivity index (χ0) is 18.3. The molecular weight excluding hydrogens is 365 g/mol. The third kappa shape index (κ3) is 3.24. The number of nitrogens with zero attached hydrogens (tertiary/aromatic N) is 3. The molecule has 2 atom stereocenters. The normalized spacial score (nSPS) is 20.1. The summed E-state index contributed by atoms with van der Waals surface area (Å²) in [6.07, 6.45) is 0. The Bertz CT molecular complexity index is 832. The summed E-state index contributed by atoms with van der Waals surface area (Å²) in [4.78, 5) is 26.0. The highest BCUT2D eigenvalue weighted by Crippen LogP contribution is 2.35. The van der Waals surface area contributed by atoms with Crippen LogP contribution in [0.2, 0.25) is 10.0 Å². The number of amides is 1. The van der Waals surface area contributed by atoms with Gasteiger partial charge in [-0.25, -0.2) is 0 Å². The zero-order valence-corrected chi connectivity index (χ0v) is 15.3. The lowest BCUT2D eigenvalue weighted by molar-refractivity contribution is -0.141. The monoisotopic (exact) mass is 381 g/mol. The van der Waals surface area contributed by atoms with E-state index in [0.717, 1.165) is 5.56 Å². The van der Waals surface area contributed by atoms with E-state index < -0.39 is 11.9 Å². The first-order chi connectivity index (χ1) is 11.8. The number of hydrogen-bond acceptors (Lipinski definition) is 3. The first-order valence-electron chi connectivity index (χ1n) is 7.76. The molecule has 8 heteroatoms. The third-order valence-corrected chi connectivity index (χ3v) is 5.39. The zero-order valence-electron chi connectivity index (χ0n) is 13.7. The number of carboxylic acid groups (broad SMARTS) is 1. The quantitative estimate of drug-likeness (QED) is 0.886. The van der Waals surface area contributed by atoms with Crippen LogP contribution in [0.15, 0.2) is 24.3 Å². The second kappa shape index (κ2) is 6.69. The molecular formula is C17H17Cl2N3O3. The lowest BCUT2D eigenvalue weighted by atomic mass is 9.89. The van der Waals surface area contributed by atoms with Crippen molar-refractivity contribution in [2.24, 2.45) is 13.0 Å². The molecule has 1 aliphatic heterocycles. The molecule has 2 heterocycles. The van der Waals surface area contributed by atoms with Crippen LogP contribution in [0.4, 0.5) is 0 Å². The molecule has 25 heavy (non-hydrogen) atoms. The van der Waals surface area contributed by atoms with Crippen LogP contribution in [0.25, 0.3) is 0 Å². The van der Waals surface area contributed by atoms with Crippen LogP contribution in [0.3, 0.4) is 0 Å². The number of likely N-dealkylation sites (tertiary alicyclic amines) is 1. The average molecular weight is 382 g/mol. The predicted molar refractivity (Wildman–Crippen MR) is 94.2 cm³/mol. The second-order valence-electron chi connectivity index (χ2n) is 6.18. The Morgan fingerprint density at radius 2 is 1.84 bits per heavy atom. The number of aromatic nitrogens is 2. The minimum Gasteiger partial charge on any atom is -0.481 e. The van der Waals surface area contributed by atoms with Crippen molar-refractivity contribution < 1.29 is 14.7 Å². The minimum atomic E-state index is -0.932. The van der Waals surface area contributed by atoms with Crippen molar-refractivity contribution in [3.05, 3.63) is 51.3 Å². The van der Waals surface area contributed by atoms with Crippen molar-refractivity contribution in [1.82, 2.24) is 14.7 Å². The summed E-state index contributed by atoms with van der Waals surface area (Å²) in [7, 11) is 1.71. The third-order valence-electron chi connectivity index (χ3n) is 4.69. The predicted octanol–water partition coefficient (Wildman–Crippen LogP) is 2.98. The maximum absolute atomic E-state index is 12.8. The van der Waals surface area contributed by atoms with Gasteiger partial charge in [0, 0.05) is 31.1 Å². The summed E-state index contributed by atoms with van der Waals surface area (Å²) in [5.41, 5.74) is 1.69. The van der Waals surface area contributed by atoms with Crippen molar-refractivity contribution in [3.63, 3.8) is 0 Å². The Kier molecular flexibility index (Phi) is 4.75. The molecule has 0 saturated carbocycles. The smallest absolute Gasteiger partial charge is 0.308 e. The Morgan fingerprint density at radius 3 is 2.36 bits per heavy atom. The highest BCUT2D eigenvalue weighted by atomic mass is 35.5. The lowest BCUT2D eigenvalue weighted by Crippen LogP contribution is -2.30. The number of benzene rings is 1. The van der Waals surface area contributed by atoms with E-state index in [1.54, 1.807) is 38.2 Å². The van der Waals surface area contributed by atoms with Gasteiger partial charge in [-0.3, -0.25) is 14.3 Å². The molecule has 1 saturated heterocycles. The van der Waals surface area contributed by atoms with Crippen molar-refractivity contribution >= 4 is 35.1 Å². The highest BCUT2D eigenvalue weighted by molar-refractivity contribution is 6.34. The molecule has 1 aromatic carbocycles. The molecule has 0 unspecified atom stereocenters. The summed E-state index contributed by atoms with van der Waals surface area (Å²) in [5, 5.41) is 14.6. The summed E-state index contributed by atoms with van der Waals surface area (Å²) in [6.45, 7) is 2.18. The SMILES string of the molecule is Cc1c(Cl)c(C(=O)N2C[C@@H](C(=O)O)[C@H](c3ccc(Cl)cc3)C2)nn1C. The fraction of sp³-hybridized carbons (Fsp3) is 0.353. The van der Waals surface area contributed by atoms with Gasteiger partial charge < -0.3 is 10.0 Å². The van der Waals surface area contributed by atoms with E-state index in [2.05, 4.69) is 5.10 Å². The summed E-state index contributed by atoms with van der Waals surface area (Å²) in [6, 6.07) is 7.04. The van der Waals surface area contributed by atoms with Crippen LogP contribution in [-0.2, 0) is 11.8 Å². The fourth-order valence-electron chi connectivity index (χ4n) is 3.14. The van der Waals surface area contributed by atoms with Gasteiger partial charge in [0.25, 0.3) is 5.91 Å². The second-order valence-corrected chi connectivity index (χ2v) is 7.00. The van der Waals surface area contributed by atoms with Crippen LogP contribution >= 0.6 is 23.2 Å². The lowest BCUT2D eigenvalue weighted by Gasteiger charge is -2.15. The van der Waals surface area contributed by atoms with Gasteiger partial charge >= 0.3 is 5.97 Å². The molecule has 1 aromatic heterocycles. The maximum Gasteiger partial charge on any atom is 0.308 e. The minimum absolute atomic E-state index is 0.118. The van der Waals surface area contributed by atoms with Crippen molar-refractivity contribution in [2.75, 3.05) is 13.1 Å². The highest BCUT2D eigenvalue weighted by Gasteiger charge is 2.41. The molecule has 0 aliphatic carbocycles. The molecule has 1 aliphatic rings. The van der Waals surface area contributed by atoms with E-state index in [4.69, 9.17) is 23.2 Å². The first kappa shape index (κ1) is 17.8. The number of carbonyl (C=O) groups excluding carboxylic acids is 1. The Hall–Kier alpha value is -2.05. The van der Waals surface area contributed by atoms with Gasteiger partial charge in [0.1, 0.15) is 0 Å². The van der Waals surface area contributed by atoms with Crippen LogP contribution < -0.4 is 0 Å². The maximum atomic E-state index is 12.8. The van der Waals surface area contributed by atoms with Gasteiger partial charge in [0.2, 0.25) is 0 Å². The van der Waals surface area contributed by atoms with Gasteiger partial charge in [-0.15, -0.1) is 0 Å². The molecule has 3 rings (SSSR count). The number of aryl methyl sites for hydroxylation is 1. The molecule has 1 amide bonds. The number of carboxylic acids is 1. The Morgan fingerprint density at radius 1 is 1.20 bits per heavy atom. The van der Waals surface area contributed by atoms with Gasteiger partial charge in [-0.2, -0.15) is 5.10 Å². The largest absolute Gasteiger partial charge is 0.481 e. The molecule has 0 radical (unpaired) electrons. The number of rotatable bonds is 3. The van der Waals surface area contributed by atoms with Crippen LogP contribution in [0.5, 0.6) is 0 Å². The number of aliphatic carboxylic acids is 1. The molecule has 6 nitrogen and oxygen atoms in total. The average Bonchev–Trinajstić information content (AvgIpc) is 3.13. The molecule has 2 aromatic rings. The standard InChI is InChI=1S/C17H17Cl2N3O3/c1-9-14(19)15(20-21(9)2)16(23)22-7-12(13(8-22)17(24)25)10-3-5-11(18)6-4-10/h3-6,12-13H,7-8H2,1-2H3,(H,24,25)/t12-,13+/m0/s1. The van der Waals surface area contributed by atoms with Crippen LogP contribution in [0.1, 0.15) is 27.7 Å². The summed E-state index contributed by atoms with van der Waals surface area (Å²) in [5.74, 6) is -2.27. The molecule has 1 fully saturated rings. The van der Waals surface area contributed by atoms with Crippen molar-refractivity contribution in [2.45, 2.75) is 12.8 Å². The van der Waals surface area contributed by atoms with Gasteiger partial charge in [0.15, 0.2) is 5.69 Å². The first-order valence-corrected chi connectivity index (χ1v) is 8.51. The van der Waals surface area contributed by atoms with E-state index >= 15 is 0 Å². The Labute approximate surface area is 154 Å². The van der Waals surface area contributed by atoms with Gasteiger partial charge in [-0.05, 0) is 24.6 Å². The van der Waals surface area contributed by atoms with E-state index in [-0.39, 0.29) is 24.1 Å².